The molecule has 104 valence electrons. The second kappa shape index (κ2) is 5.36. The number of carboxylic acids is 1. The van der Waals surface area contributed by atoms with Crippen LogP contribution in [0.15, 0.2) is 29.0 Å². The monoisotopic (exact) mass is 335 g/mol. The number of benzene rings is 1. The van der Waals surface area contributed by atoms with E-state index in [-0.39, 0.29) is 5.92 Å². The van der Waals surface area contributed by atoms with E-state index in [9.17, 15) is 9.90 Å². The molecule has 1 N–H and O–H groups in total. The fourth-order valence-electron chi connectivity index (χ4n) is 2.66. The van der Waals surface area contributed by atoms with Gasteiger partial charge < -0.3 is 10.0 Å². The highest BCUT2D eigenvalue weighted by atomic mass is 79.9. The summed E-state index contributed by atoms with van der Waals surface area (Å²) in [4.78, 5) is 21.9. The summed E-state index contributed by atoms with van der Waals surface area (Å²) >= 11 is 3.54. The van der Waals surface area contributed by atoms with E-state index in [4.69, 9.17) is 0 Å². The van der Waals surface area contributed by atoms with Gasteiger partial charge in [-0.2, -0.15) is 0 Å². The summed E-state index contributed by atoms with van der Waals surface area (Å²) in [7, 11) is 0. The third kappa shape index (κ3) is 2.35. The minimum Gasteiger partial charge on any atom is -0.481 e. The van der Waals surface area contributed by atoms with Crippen molar-refractivity contribution in [3.8, 4) is 0 Å². The Morgan fingerprint density at radius 2 is 2.25 bits per heavy atom. The largest absolute Gasteiger partial charge is 0.481 e. The number of aromatic nitrogens is 2. The van der Waals surface area contributed by atoms with Crippen molar-refractivity contribution < 1.29 is 9.90 Å². The first-order valence-corrected chi connectivity index (χ1v) is 7.33. The standard InChI is InChI=1S/C14H14BrN3O2/c15-10-4-1-5-11-12(10)13(17-8-16-11)18-6-2-3-9(7-18)14(19)20/h1,4-5,8-9H,2-3,6-7H2,(H,19,20). The van der Waals surface area contributed by atoms with E-state index in [2.05, 4.69) is 30.8 Å². The minimum absolute atomic E-state index is 0.323. The molecule has 20 heavy (non-hydrogen) atoms. The van der Waals surface area contributed by atoms with Gasteiger partial charge >= 0.3 is 5.97 Å². The molecule has 2 aromatic rings. The lowest BCUT2D eigenvalue weighted by Crippen LogP contribution is -2.39. The number of fused-ring (bicyclic) bond motifs is 1. The van der Waals surface area contributed by atoms with Crippen LogP contribution in [0.5, 0.6) is 0 Å². The van der Waals surface area contributed by atoms with Crippen molar-refractivity contribution in [2.45, 2.75) is 12.8 Å². The molecule has 1 aliphatic heterocycles. The fraction of sp³-hybridized carbons (Fsp3) is 0.357. The summed E-state index contributed by atoms with van der Waals surface area (Å²) in [6.07, 6.45) is 3.14. The maximum atomic E-state index is 11.2. The van der Waals surface area contributed by atoms with E-state index in [1.165, 1.54) is 6.33 Å². The van der Waals surface area contributed by atoms with Crippen LogP contribution >= 0.6 is 15.9 Å². The van der Waals surface area contributed by atoms with Gasteiger partial charge in [-0.15, -0.1) is 0 Å². The normalized spacial score (nSPS) is 19.2. The second-order valence-electron chi connectivity index (χ2n) is 4.95. The van der Waals surface area contributed by atoms with E-state index in [0.29, 0.717) is 6.54 Å². The first kappa shape index (κ1) is 13.3. The van der Waals surface area contributed by atoms with Gasteiger partial charge in [0, 0.05) is 17.6 Å². The Morgan fingerprint density at radius 1 is 1.40 bits per heavy atom. The third-order valence-electron chi connectivity index (χ3n) is 3.66. The maximum absolute atomic E-state index is 11.2. The third-order valence-corrected chi connectivity index (χ3v) is 4.32. The first-order chi connectivity index (χ1) is 9.66. The smallest absolute Gasteiger partial charge is 0.308 e. The van der Waals surface area contributed by atoms with E-state index >= 15 is 0 Å². The second-order valence-corrected chi connectivity index (χ2v) is 5.81. The first-order valence-electron chi connectivity index (χ1n) is 6.54. The van der Waals surface area contributed by atoms with Crippen molar-refractivity contribution in [3.05, 3.63) is 29.0 Å². The zero-order chi connectivity index (χ0) is 14.1. The van der Waals surface area contributed by atoms with Gasteiger partial charge in [-0.3, -0.25) is 4.79 Å². The zero-order valence-corrected chi connectivity index (χ0v) is 12.4. The van der Waals surface area contributed by atoms with Crippen LogP contribution in [0.3, 0.4) is 0 Å². The Kier molecular flexibility index (Phi) is 3.56. The van der Waals surface area contributed by atoms with Gasteiger partial charge in [0.25, 0.3) is 0 Å². The molecule has 3 rings (SSSR count). The molecule has 1 aromatic heterocycles. The van der Waals surface area contributed by atoms with Crippen LogP contribution in [-0.2, 0) is 4.79 Å². The highest BCUT2D eigenvalue weighted by molar-refractivity contribution is 9.10. The summed E-state index contributed by atoms with van der Waals surface area (Å²) in [6.45, 7) is 1.33. The van der Waals surface area contributed by atoms with Crippen molar-refractivity contribution in [2.75, 3.05) is 18.0 Å². The Morgan fingerprint density at radius 3 is 3.05 bits per heavy atom. The SMILES string of the molecule is O=C(O)C1CCCN(c2ncnc3cccc(Br)c23)C1. The van der Waals surface area contributed by atoms with Crippen LogP contribution in [0, 0.1) is 5.92 Å². The van der Waals surface area contributed by atoms with Crippen molar-refractivity contribution in [1.29, 1.82) is 0 Å². The van der Waals surface area contributed by atoms with Gasteiger partial charge in [-0.05, 0) is 40.9 Å². The molecule has 1 aliphatic rings. The number of aliphatic carboxylic acids is 1. The molecule has 5 nitrogen and oxygen atoms in total. The van der Waals surface area contributed by atoms with E-state index in [1.54, 1.807) is 0 Å². The Hall–Kier alpha value is -1.69. The Labute approximate surface area is 124 Å². The van der Waals surface area contributed by atoms with E-state index in [0.717, 1.165) is 40.6 Å². The number of nitrogens with zero attached hydrogens (tertiary/aromatic N) is 3. The topological polar surface area (TPSA) is 66.3 Å². The number of hydrogen-bond acceptors (Lipinski definition) is 4. The molecule has 0 saturated carbocycles. The molecule has 1 atom stereocenters. The highest BCUT2D eigenvalue weighted by Crippen LogP contribution is 2.32. The molecular weight excluding hydrogens is 322 g/mol. The van der Waals surface area contributed by atoms with Gasteiger partial charge in [0.2, 0.25) is 0 Å². The van der Waals surface area contributed by atoms with Gasteiger partial charge in [-0.1, -0.05) is 6.07 Å². The molecule has 0 aliphatic carbocycles. The maximum Gasteiger partial charge on any atom is 0.308 e. The quantitative estimate of drug-likeness (QED) is 0.913. The summed E-state index contributed by atoms with van der Waals surface area (Å²) in [5.41, 5.74) is 0.863. The van der Waals surface area contributed by atoms with E-state index < -0.39 is 5.97 Å². The minimum atomic E-state index is -0.730. The van der Waals surface area contributed by atoms with Crippen molar-refractivity contribution in [1.82, 2.24) is 9.97 Å². The molecule has 6 heteroatoms. The lowest BCUT2D eigenvalue weighted by molar-refractivity contribution is -0.141. The number of anilines is 1. The van der Waals surface area contributed by atoms with Crippen LogP contribution in [0.25, 0.3) is 10.9 Å². The summed E-state index contributed by atoms with van der Waals surface area (Å²) in [5.74, 6) is -0.239. The molecule has 1 aromatic carbocycles. The van der Waals surface area contributed by atoms with Crippen molar-refractivity contribution in [2.24, 2.45) is 5.92 Å². The van der Waals surface area contributed by atoms with Crippen LogP contribution < -0.4 is 4.90 Å². The van der Waals surface area contributed by atoms with Gasteiger partial charge in [0.1, 0.15) is 12.1 Å². The Balaban J connectivity index is 2.03. The lowest BCUT2D eigenvalue weighted by Gasteiger charge is -2.32. The average molecular weight is 336 g/mol. The van der Waals surface area contributed by atoms with Crippen molar-refractivity contribution in [3.63, 3.8) is 0 Å². The molecule has 1 unspecified atom stereocenters. The van der Waals surface area contributed by atoms with Gasteiger partial charge in [0.15, 0.2) is 0 Å². The fourth-order valence-corrected chi connectivity index (χ4v) is 3.20. The molecule has 0 spiro atoms. The number of hydrogen-bond donors (Lipinski definition) is 1. The molecule has 2 heterocycles. The zero-order valence-electron chi connectivity index (χ0n) is 10.8. The van der Waals surface area contributed by atoms with Gasteiger partial charge in [0.05, 0.1) is 16.8 Å². The van der Waals surface area contributed by atoms with Crippen molar-refractivity contribution >= 4 is 38.6 Å². The van der Waals surface area contributed by atoms with Crippen LogP contribution in [0.2, 0.25) is 0 Å². The van der Waals surface area contributed by atoms with E-state index in [1.807, 2.05) is 18.2 Å². The number of carbonyl (C=O) groups is 1. The van der Waals surface area contributed by atoms with Crippen LogP contribution in [0.4, 0.5) is 5.82 Å². The number of halogens is 1. The number of rotatable bonds is 2. The Bertz CT molecular complexity index is 657. The molecule has 0 bridgehead atoms. The molecular formula is C14H14BrN3O2. The van der Waals surface area contributed by atoms with Crippen LogP contribution in [-0.4, -0.2) is 34.1 Å². The predicted molar refractivity (Wildman–Crippen MR) is 79.8 cm³/mol. The van der Waals surface area contributed by atoms with Gasteiger partial charge in [-0.25, -0.2) is 9.97 Å². The highest BCUT2D eigenvalue weighted by Gasteiger charge is 2.27. The lowest BCUT2D eigenvalue weighted by atomic mass is 9.98. The predicted octanol–water partition coefficient (Wildman–Crippen LogP) is 2.69. The molecule has 1 saturated heterocycles. The molecule has 0 amide bonds. The summed E-state index contributed by atoms with van der Waals surface area (Å²) < 4.78 is 0.933. The molecule has 0 radical (unpaired) electrons. The summed E-state index contributed by atoms with van der Waals surface area (Å²) in [6, 6.07) is 5.82. The molecule has 1 fully saturated rings. The number of piperidine rings is 1. The average Bonchev–Trinajstić information content (AvgIpc) is 2.47. The number of carboxylic acid groups (broad SMARTS) is 1. The van der Waals surface area contributed by atoms with Crippen LogP contribution in [0.1, 0.15) is 12.8 Å². The summed E-state index contributed by atoms with van der Waals surface area (Å²) in [5, 5.41) is 10.1.